The average Bonchev–Trinajstić information content (AvgIpc) is 3.83. The van der Waals surface area contributed by atoms with E-state index >= 15 is 0 Å². The first-order chi connectivity index (χ1) is 21.4. The van der Waals surface area contributed by atoms with Gasteiger partial charge in [0.15, 0.2) is 23.0 Å². The molecule has 10 nitrogen and oxygen atoms in total. The fraction of sp³-hybridized carbons (Fsp3) is 0.273. The Kier molecular flexibility index (Phi) is 9.45. The molecule has 238 valence electrons. The summed E-state index contributed by atoms with van der Waals surface area (Å²) in [6.07, 6.45) is 3.92. The molecule has 0 heterocycles. The van der Waals surface area contributed by atoms with Crippen LogP contribution in [0.1, 0.15) is 18.4 Å². The highest BCUT2D eigenvalue weighted by Crippen LogP contribution is 2.52. The summed E-state index contributed by atoms with van der Waals surface area (Å²) in [5.74, 6) is 1.82. The van der Waals surface area contributed by atoms with Gasteiger partial charge in [0.1, 0.15) is 18.1 Å². The van der Waals surface area contributed by atoms with Gasteiger partial charge >= 0.3 is 20.2 Å². The average molecular weight is 655 g/mol. The van der Waals surface area contributed by atoms with Crippen LogP contribution in [-0.2, 0) is 26.8 Å². The molecule has 4 aromatic rings. The summed E-state index contributed by atoms with van der Waals surface area (Å²) in [5, 5.41) is 0. The second-order valence-corrected chi connectivity index (χ2v) is 13.8. The van der Waals surface area contributed by atoms with E-state index in [1.807, 2.05) is 30.3 Å². The highest BCUT2D eigenvalue weighted by atomic mass is 32.2. The summed E-state index contributed by atoms with van der Waals surface area (Å²) in [5.41, 5.74) is 2.93. The van der Waals surface area contributed by atoms with Crippen LogP contribution in [0, 0.1) is 5.92 Å². The van der Waals surface area contributed by atoms with E-state index in [0.29, 0.717) is 58.6 Å². The van der Waals surface area contributed by atoms with Crippen molar-refractivity contribution in [2.45, 2.75) is 19.4 Å². The highest BCUT2D eigenvalue weighted by Gasteiger charge is 2.29. The van der Waals surface area contributed by atoms with Gasteiger partial charge in [-0.05, 0) is 65.8 Å². The van der Waals surface area contributed by atoms with Crippen molar-refractivity contribution in [3.05, 3.63) is 84.4 Å². The molecule has 5 rings (SSSR count). The maximum atomic E-state index is 12.7. The number of methoxy groups -OCH3 is 2. The summed E-state index contributed by atoms with van der Waals surface area (Å²) >= 11 is 0. The Balaban J connectivity index is 1.64. The highest BCUT2D eigenvalue weighted by molar-refractivity contribution is 7.86. The van der Waals surface area contributed by atoms with E-state index in [1.54, 1.807) is 36.4 Å². The zero-order valence-corrected chi connectivity index (χ0v) is 26.9. The maximum absolute atomic E-state index is 12.7. The van der Waals surface area contributed by atoms with Crippen LogP contribution in [0.3, 0.4) is 0 Å². The summed E-state index contributed by atoms with van der Waals surface area (Å²) in [6.45, 7) is 0.675. The van der Waals surface area contributed by atoms with Gasteiger partial charge < -0.3 is 27.3 Å². The number of ether oxygens (including phenoxy) is 4. The Morgan fingerprint density at radius 1 is 0.667 bits per heavy atom. The standard InChI is InChI=1S/C33H34O10S2/c1-38-29-18-25(14-17-28(29)40-20-22-8-6-5-7-9-22)31-30(39-2)19-27(24-12-15-26(16-13-24)42-44(3,34)35)32(41-21-23-10-11-23)33(31)43-45(4,36)37/h5-9,12-19,23H,10-11,20-21H2,1-4H3. The van der Waals surface area contributed by atoms with Crippen molar-refractivity contribution in [3.8, 4) is 56.8 Å². The number of rotatable bonds is 14. The third-order valence-electron chi connectivity index (χ3n) is 6.92. The molecule has 1 aliphatic rings. The summed E-state index contributed by atoms with van der Waals surface area (Å²) in [6, 6.07) is 22.9. The predicted octanol–water partition coefficient (Wildman–Crippen LogP) is 6.08. The Morgan fingerprint density at radius 2 is 1.31 bits per heavy atom. The molecular formula is C33H34O10S2. The molecule has 0 atom stereocenters. The predicted molar refractivity (Wildman–Crippen MR) is 170 cm³/mol. The lowest BCUT2D eigenvalue weighted by atomic mass is 9.96. The van der Waals surface area contributed by atoms with E-state index in [4.69, 9.17) is 27.3 Å². The molecule has 0 aliphatic heterocycles. The molecular weight excluding hydrogens is 620 g/mol. The second-order valence-electron chi connectivity index (χ2n) is 10.7. The minimum Gasteiger partial charge on any atom is -0.496 e. The van der Waals surface area contributed by atoms with Crippen molar-refractivity contribution in [1.29, 1.82) is 0 Å². The maximum Gasteiger partial charge on any atom is 0.306 e. The number of benzene rings is 4. The van der Waals surface area contributed by atoms with Gasteiger partial charge in [0, 0.05) is 5.56 Å². The lowest BCUT2D eigenvalue weighted by Gasteiger charge is -2.22. The van der Waals surface area contributed by atoms with Crippen LogP contribution in [0.4, 0.5) is 0 Å². The second kappa shape index (κ2) is 13.3. The lowest BCUT2D eigenvalue weighted by Crippen LogP contribution is -2.11. The lowest BCUT2D eigenvalue weighted by molar-refractivity contribution is 0.284. The van der Waals surface area contributed by atoms with Crippen LogP contribution in [0.15, 0.2) is 78.9 Å². The van der Waals surface area contributed by atoms with Gasteiger partial charge in [-0.2, -0.15) is 16.8 Å². The Hall–Kier alpha value is -4.42. The topological polar surface area (TPSA) is 124 Å². The van der Waals surface area contributed by atoms with Crippen molar-refractivity contribution < 1.29 is 44.1 Å². The van der Waals surface area contributed by atoms with Crippen LogP contribution in [-0.4, -0.2) is 50.2 Å². The van der Waals surface area contributed by atoms with Gasteiger partial charge in [-0.1, -0.05) is 48.5 Å². The van der Waals surface area contributed by atoms with Gasteiger partial charge in [-0.3, -0.25) is 0 Å². The molecule has 0 bridgehead atoms. The van der Waals surface area contributed by atoms with Crippen molar-refractivity contribution in [2.24, 2.45) is 5.92 Å². The molecule has 1 aliphatic carbocycles. The third-order valence-corrected chi connectivity index (χ3v) is 7.88. The smallest absolute Gasteiger partial charge is 0.306 e. The van der Waals surface area contributed by atoms with Gasteiger partial charge in [0.05, 0.1) is 38.9 Å². The van der Waals surface area contributed by atoms with Gasteiger partial charge in [0.2, 0.25) is 0 Å². The van der Waals surface area contributed by atoms with Crippen molar-refractivity contribution >= 4 is 20.2 Å². The molecule has 0 spiro atoms. The van der Waals surface area contributed by atoms with E-state index in [0.717, 1.165) is 30.9 Å². The monoisotopic (exact) mass is 654 g/mol. The zero-order valence-electron chi connectivity index (χ0n) is 25.3. The molecule has 0 aromatic heterocycles. The molecule has 0 amide bonds. The third kappa shape index (κ3) is 8.40. The van der Waals surface area contributed by atoms with Crippen molar-refractivity contribution in [2.75, 3.05) is 33.3 Å². The van der Waals surface area contributed by atoms with E-state index in [9.17, 15) is 16.8 Å². The Morgan fingerprint density at radius 3 is 1.91 bits per heavy atom. The molecule has 0 radical (unpaired) electrons. The van der Waals surface area contributed by atoms with Crippen LogP contribution >= 0.6 is 0 Å². The van der Waals surface area contributed by atoms with Gasteiger partial charge in [0.25, 0.3) is 0 Å². The largest absolute Gasteiger partial charge is 0.496 e. The van der Waals surface area contributed by atoms with Crippen LogP contribution in [0.2, 0.25) is 0 Å². The Labute approximate surface area is 263 Å². The fourth-order valence-electron chi connectivity index (χ4n) is 4.67. The zero-order chi connectivity index (χ0) is 32.2. The Bertz CT molecular complexity index is 1870. The summed E-state index contributed by atoms with van der Waals surface area (Å²) in [4.78, 5) is 0. The van der Waals surface area contributed by atoms with E-state index < -0.39 is 20.2 Å². The van der Waals surface area contributed by atoms with Crippen molar-refractivity contribution in [1.82, 2.24) is 0 Å². The molecule has 1 saturated carbocycles. The quantitative estimate of drug-likeness (QED) is 0.148. The van der Waals surface area contributed by atoms with Crippen molar-refractivity contribution in [3.63, 3.8) is 0 Å². The number of hydrogen-bond acceptors (Lipinski definition) is 10. The first kappa shape index (κ1) is 32.0. The molecule has 12 heteroatoms. The molecule has 4 aromatic carbocycles. The molecule has 0 unspecified atom stereocenters. The molecule has 0 saturated heterocycles. The van der Waals surface area contributed by atoms with E-state index in [1.165, 1.54) is 26.4 Å². The SMILES string of the molecule is COc1cc(-c2c(OC)cc(-c3ccc(OS(C)(=O)=O)cc3)c(OCC3CC3)c2OS(C)(=O)=O)ccc1OCc1ccccc1. The first-order valence-corrected chi connectivity index (χ1v) is 17.7. The van der Waals surface area contributed by atoms with E-state index in [-0.39, 0.29) is 17.2 Å². The molecule has 0 N–H and O–H groups in total. The minimum atomic E-state index is -4.05. The van der Waals surface area contributed by atoms with Crippen LogP contribution in [0.5, 0.6) is 34.5 Å². The first-order valence-electron chi connectivity index (χ1n) is 14.1. The molecule has 45 heavy (non-hydrogen) atoms. The minimum absolute atomic E-state index is 0.0519. The number of hydrogen-bond donors (Lipinski definition) is 0. The normalized spacial score (nSPS) is 13.2. The fourth-order valence-corrected chi connectivity index (χ4v) is 5.59. The van der Waals surface area contributed by atoms with Gasteiger partial charge in [-0.25, -0.2) is 0 Å². The summed E-state index contributed by atoms with van der Waals surface area (Å²) in [7, 11) is -4.79. The van der Waals surface area contributed by atoms with Crippen LogP contribution < -0.4 is 27.3 Å². The van der Waals surface area contributed by atoms with Crippen LogP contribution in [0.25, 0.3) is 22.3 Å². The van der Waals surface area contributed by atoms with E-state index in [2.05, 4.69) is 0 Å². The molecule has 1 fully saturated rings. The summed E-state index contributed by atoms with van der Waals surface area (Å²) < 4.78 is 83.0. The van der Waals surface area contributed by atoms with Gasteiger partial charge in [-0.15, -0.1) is 0 Å².